The van der Waals surface area contributed by atoms with Crippen LogP contribution in [-0.2, 0) is 22.4 Å². The van der Waals surface area contributed by atoms with Gasteiger partial charge in [-0.2, -0.15) is 0 Å². The topological polar surface area (TPSA) is 46.5 Å². The van der Waals surface area contributed by atoms with Gasteiger partial charge in [-0.05, 0) is 48.9 Å². The van der Waals surface area contributed by atoms with Gasteiger partial charge in [0.2, 0.25) is 0 Å². The average Bonchev–Trinajstić information content (AvgIpc) is 2.69. The number of hydrogen-bond donors (Lipinski definition) is 1. The van der Waals surface area contributed by atoms with Crippen LogP contribution in [0.4, 0.5) is 0 Å². The number of esters is 1. The number of aryl methyl sites for hydroxylation is 1. The maximum atomic E-state index is 11.8. The van der Waals surface area contributed by atoms with Gasteiger partial charge in [0.05, 0.1) is 0 Å². The summed E-state index contributed by atoms with van der Waals surface area (Å²) in [5, 5.41) is 9.23. The number of rotatable bonds is 10. The number of carbonyl (C=O) groups is 1. The highest BCUT2D eigenvalue weighted by molar-refractivity contribution is 5.87. The first-order chi connectivity index (χ1) is 13.5. The van der Waals surface area contributed by atoms with E-state index in [0.29, 0.717) is 18.4 Å². The summed E-state index contributed by atoms with van der Waals surface area (Å²) in [7, 11) is 0. The molecule has 2 rings (SSSR count). The molecule has 0 heterocycles. The van der Waals surface area contributed by atoms with Gasteiger partial charge in [0, 0.05) is 25.0 Å². The van der Waals surface area contributed by atoms with Crippen LogP contribution in [0.25, 0.3) is 11.1 Å². The molecule has 0 spiro atoms. The first kappa shape index (κ1) is 21.6. The van der Waals surface area contributed by atoms with Gasteiger partial charge in [0.15, 0.2) is 0 Å². The van der Waals surface area contributed by atoms with Gasteiger partial charge >= 0.3 is 5.97 Å². The molecule has 0 fully saturated rings. The number of aliphatic hydroxyl groups excluding tert-OH is 1. The fourth-order valence-corrected chi connectivity index (χ4v) is 2.98. The highest BCUT2D eigenvalue weighted by atomic mass is 16.5. The maximum absolute atomic E-state index is 11.8. The van der Waals surface area contributed by atoms with Crippen LogP contribution in [0.1, 0.15) is 37.8 Å². The van der Waals surface area contributed by atoms with Gasteiger partial charge in [-0.15, -0.1) is 0 Å². The van der Waals surface area contributed by atoms with Crippen molar-refractivity contribution < 1.29 is 14.6 Å². The quantitative estimate of drug-likeness (QED) is 0.348. The number of allylic oxidation sites excluding steroid dienone is 2. The molecule has 2 aromatic carbocycles. The van der Waals surface area contributed by atoms with E-state index in [1.165, 1.54) is 11.1 Å². The Morgan fingerprint density at radius 2 is 1.64 bits per heavy atom. The van der Waals surface area contributed by atoms with Crippen molar-refractivity contribution in [3.8, 4) is 11.1 Å². The molecular weight excluding hydrogens is 348 g/mol. The summed E-state index contributed by atoms with van der Waals surface area (Å²) in [6.07, 6.45) is 7.02. The molecule has 0 aliphatic rings. The number of hydrogen-bond acceptors (Lipinski definition) is 3. The molecule has 28 heavy (non-hydrogen) atoms. The van der Waals surface area contributed by atoms with Crippen LogP contribution in [0, 0.1) is 0 Å². The molecular formula is C25H30O3. The Balaban J connectivity index is 2.01. The highest BCUT2D eigenvalue weighted by Crippen LogP contribution is 2.22. The third-order valence-corrected chi connectivity index (χ3v) is 4.61. The minimum atomic E-state index is -0.412. The van der Waals surface area contributed by atoms with Crippen LogP contribution in [-0.4, -0.2) is 23.8 Å². The molecule has 0 bridgehead atoms. The second kappa shape index (κ2) is 11.3. The minimum absolute atomic E-state index is 0.0212. The molecule has 0 saturated heterocycles. The van der Waals surface area contributed by atoms with Crippen LogP contribution >= 0.6 is 0 Å². The lowest BCUT2D eigenvalue weighted by atomic mass is 9.99. The summed E-state index contributed by atoms with van der Waals surface area (Å²) in [6.45, 7) is 7.25. The standard InChI is InChI=1S/C25H30O3/c1-4-5-6-7-20-8-12-22(13-9-20)23-14-10-21(11-15-23)18-24(16-17-26)28-25(27)19(2)3/h4-5,8-15,24,26H,2,6-7,16-18H2,1,3H3/b5-4+. The van der Waals surface area contributed by atoms with E-state index in [4.69, 9.17) is 4.74 Å². The fraction of sp³-hybridized carbons (Fsp3) is 0.320. The SMILES string of the molecule is C=C(C)C(=O)OC(CCO)Cc1ccc(-c2ccc(CC/C=C/C)cc2)cc1. The van der Waals surface area contributed by atoms with Gasteiger partial charge in [0.1, 0.15) is 6.10 Å². The molecule has 0 radical (unpaired) electrons. The van der Waals surface area contributed by atoms with Gasteiger partial charge in [-0.25, -0.2) is 4.79 Å². The van der Waals surface area contributed by atoms with Crippen LogP contribution in [0.3, 0.4) is 0 Å². The lowest BCUT2D eigenvalue weighted by molar-refractivity contribution is -0.144. The Bertz CT molecular complexity index is 786. The van der Waals surface area contributed by atoms with Crippen molar-refractivity contribution in [2.75, 3.05) is 6.61 Å². The normalized spacial score (nSPS) is 12.1. The van der Waals surface area contributed by atoms with Crippen molar-refractivity contribution in [2.45, 2.75) is 45.6 Å². The lowest BCUT2D eigenvalue weighted by Gasteiger charge is -2.17. The van der Waals surface area contributed by atoms with E-state index in [1.54, 1.807) is 6.92 Å². The highest BCUT2D eigenvalue weighted by Gasteiger charge is 2.15. The first-order valence-electron chi connectivity index (χ1n) is 9.80. The zero-order valence-corrected chi connectivity index (χ0v) is 16.9. The molecule has 0 aliphatic heterocycles. The molecule has 148 valence electrons. The van der Waals surface area contributed by atoms with E-state index in [1.807, 2.05) is 19.1 Å². The van der Waals surface area contributed by atoms with Gasteiger partial charge in [-0.1, -0.05) is 67.3 Å². The van der Waals surface area contributed by atoms with E-state index in [-0.39, 0.29) is 12.7 Å². The molecule has 1 atom stereocenters. The maximum Gasteiger partial charge on any atom is 0.333 e. The third-order valence-electron chi connectivity index (χ3n) is 4.61. The Kier molecular flexibility index (Phi) is 8.70. The monoisotopic (exact) mass is 378 g/mol. The summed E-state index contributed by atoms with van der Waals surface area (Å²) >= 11 is 0. The summed E-state index contributed by atoms with van der Waals surface area (Å²) in [6, 6.07) is 16.9. The first-order valence-corrected chi connectivity index (χ1v) is 9.80. The summed E-state index contributed by atoms with van der Waals surface area (Å²) < 4.78 is 5.42. The second-order valence-electron chi connectivity index (χ2n) is 7.03. The third kappa shape index (κ3) is 6.82. The van der Waals surface area contributed by atoms with Gasteiger partial charge in [-0.3, -0.25) is 0 Å². The summed E-state index contributed by atoms with van der Waals surface area (Å²) in [5.41, 5.74) is 5.11. The van der Waals surface area contributed by atoms with Crippen LogP contribution in [0.5, 0.6) is 0 Å². The van der Waals surface area contributed by atoms with Crippen LogP contribution in [0.2, 0.25) is 0 Å². The molecule has 0 aliphatic carbocycles. The van der Waals surface area contributed by atoms with E-state index in [0.717, 1.165) is 24.0 Å². The number of aliphatic hydroxyl groups is 1. The average molecular weight is 379 g/mol. The Morgan fingerprint density at radius 3 is 2.14 bits per heavy atom. The van der Waals surface area contributed by atoms with E-state index < -0.39 is 5.97 Å². The van der Waals surface area contributed by atoms with E-state index in [2.05, 4.69) is 55.1 Å². The number of carbonyl (C=O) groups excluding carboxylic acids is 1. The van der Waals surface area contributed by atoms with Crippen molar-refractivity contribution in [1.82, 2.24) is 0 Å². The molecule has 0 saturated carbocycles. The molecule has 0 amide bonds. The summed E-state index contributed by atoms with van der Waals surface area (Å²) in [5.74, 6) is -0.412. The van der Waals surface area contributed by atoms with Crippen molar-refractivity contribution in [3.05, 3.63) is 84.0 Å². The second-order valence-corrected chi connectivity index (χ2v) is 7.03. The Labute approximate surface area is 168 Å². The molecule has 0 aromatic heterocycles. The van der Waals surface area contributed by atoms with Crippen LogP contribution < -0.4 is 0 Å². The number of benzene rings is 2. The van der Waals surface area contributed by atoms with Crippen molar-refractivity contribution in [3.63, 3.8) is 0 Å². The minimum Gasteiger partial charge on any atom is -0.459 e. The predicted molar refractivity (Wildman–Crippen MR) is 115 cm³/mol. The summed E-state index contributed by atoms with van der Waals surface area (Å²) in [4.78, 5) is 11.8. The molecule has 1 unspecified atom stereocenters. The van der Waals surface area contributed by atoms with Crippen molar-refractivity contribution >= 4 is 5.97 Å². The van der Waals surface area contributed by atoms with Gasteiger partial charge in [0.25, 0.3) is 0 Å². The van der Waals surface area contributed by atoms with E-state index >= 15 is 0 Å². The Morgan fingerprint density at radius 1 is 1.07 bits per heavy atom. The smallest absolute Gasteiger partial charge is 0.333 e. The lowest BCUT2D eigenvalue weighted by Crippen LogP contribution is -2.22. The molecule has 3 nitrogen and oxygen atoms in total. The molecule has 3 heteroatoms. The molecule has 1 N–H and O–H groups in total. The molecule has 2 aromatic rings. The van der Waals surface area contributed by atoms with E-state index in [9.17, 15) is 9.90 Å². The largest absolute Gasteiger partial charge is 0.459 e. The predicted octanol–water partition coefficient (Wildman–Crippen LogP) is 5.28. The van der Waals surface area contributed by atoms with Crippen molar-refractivity contribution in [2.24, 2.45) is 0 Å². The number of ether oxygens (including phenoxy) is 1. The van der Waals surface area contributed by atoms with Gasteiger partial charge < -0.3 is 9.84 Å². The van der Waals surface area contributed by atoms with Crippen LogP contribution in [0.15, 0.2) is 72.8 Å². The zero-order valence-electron chi connectivity index (χ0n) is 16.9. The van der Waals surface area contributed by atoms with Crippen molar-refractivity contribution in [1.29, 1.82) is 0 Å². The zero-order chi connectivity index (χ0) is 20.4. The fourth-order valence-electron chi connectivity index (χ4n) is 2.98. The Hall–Kier alpha value is -2.65.